The summed E-state index contributed by atoms with van der Waals surface area (Å²) in [6.07, 6.45) is 1.32. The monoisotopic (exact) mass is 392 g/mol. The van der Waals surface area contributed by atoms with E-state index in [0.29, 0.717) is 22.6 Å². The van der Waals surface area contributed by atoms with Gasteiger partial charge in [0.05, 0.1) is 6.54 Å². The average molecular weight is 392 g/mol. The molecule has 8 heteroatoms. The van der Waals surface area contributed by atoms with Crippen molar-refractivity contribution in [3.63, 3.8) is 0 Å². The van der Waals surface area contributed by atoms with Crippen LogP contribution in [0.1, 0.15) is 22.6 Å². The second-order valence-corrected chi connectivity index (χ2v) is 6.77. The van der Waals surface area contributed by atoms with Crippen LogP contribution in [-0.2, 0) is 11.3 Å². The number of ether oxygens (including phenoxy) is 1. The maximum absolute atomic E-state index is 12.1. The number of rotatable bonds is 6. The van der Waals surface area contributed by atoms with Crippen LogP contribution >= 0.6 is 0 Å². The molecule has 0 radical (unpaired) electrons. The molecule has 0 fully saturated rings. The molecule has 0 saturated heterocycles. The number of hydrogen-bond donors (Lipinski definition) is 1. The van der Waals surface area contributed by atoms with Gasteiger partial charge in [0.25, 0.3) is 11.6 Å². The summed E-state index contributed by atoms with van der Waals surface area (Å²) in [7, 11) is 0. The van der Waals surface area contributed by atoms with Crippen LogP contribution in [0.5, 0.6) is 5.88 Å². The number of aryl methyl sites for hydroxylation is 3. The predicted molar refractivity (Wildman–Crippen MR) is 105 cm³/mol. The molecule has 0 spiro atoms. The van der Waals surface area contributed by atoms with Crippen LogP contribution < -0.4 is 10.1 Å². The Morgan fingerprint density at radius 3 is 2.72 bits per heavy atom. The molecular formula is C21H20N4O4. The van der Waals surface area contributed by atoms with E-state index in [1.54, 1.807) is 0 Å². The predicted octanol–water partition coefficient (Wildman–Crippen LogP) is 3.50. The van der Waals surface area contributed by atoms with Gasteiger partial charge in [0.15, 0.2) is 6.61 Å². The van der Waals surface area contributed by atoms with Crippen LogP contribution in [-0.4, -0.2) is 27.6 Å². The number of hydrogen-bond acceptors (Lipinski definition) is 7. The molecular weight excluding hydrogens is 372 g/mol. The summed E-state index contributed by atoms with van der Waals surface area (Å²) in [4.78, 5) is 20.4. The second kappa shape index (κ2) is 7.75. The van der Waals surface area contributed by atoms with Crippen molar-refractivity contribution in [2.24, 2.45) is 0 Å². The fourth-order valence-corrected chi connectivity index (χ4v) is 2.91. The van der Waals surface area contributed by atoms with Crippen molar-refractivity contribution in [1.29, 1.82) is 0 Å². The number of carbonyl (C=O) groups excluding carboxylic acids is 1. The van der Waals surface area contributed by atoms with Gasteiger partial charge in [0, 0.05) is 5.56 Å². The molecule has 0 aliphatic carbocycles. The molecule has 8 nitrogen and oxygen atoms in total. The van der Waals surface area contributed by atoms with Gasteiger partial charge in [0.2, 0.25) is 5.88 Å². The number of carbonyl (C=O) groups is 1. The Hall–Kier alpha value is -3.68. The van der Waals surface area contributed by atoms with Crippen molar-refractivity contribution in [3.05, 3.63) is 59.3 Å². The van der Waals surface area contributed by atoms with E-state index >= 15 is 0 Å². The van der Waals surface area contributed by atoms with Crippen LogP contribution in [0.2, 0.25) is 0 Å². The number of nitrogens with one attached hydrogen (secondary N) is 1. The zero-order valence-electron chi connectivity index (χ0n) is 16.4. The van der Waals surface area contributed by atoms with E-state index in [1.807, 2.05) is 51.1 Å². The van der Waals surface area contributed by atoms with Gasteiger partial charge in [-0.15, -0.1) is 0 Å². The Morgan fingerprint density at radius 1 is 1.10 bits per heavy atom. The van der Waals surface area contributed by atoms with Crippen molar-refractivity contribution in [2.75, 3.05) is 6.61 Å². The van der Waals surface area contributed by atoms with Crippen LogP contribution in [0, 0.1) is 20.8 Å². The molecule has 0 aliphatic rings. The van der Waals surface area contributed by atoms with Crippen molar-refractivity contribution < 1.29 is 18.5 Å². The topological polar surface area (TPSA) is 103 Å². The molecule has 3 aromatic heterocycles. The van der Waals surface area contributed by atoms with Gasteiger partial charge in [0.1, 0.15) is 28.9 Å². The van der Waals surface area contributed by atoms with Crippen LogP contribution in [0.25, 0.3) is 22.4 Å². The van der Waals surface area contributed by atoms with Gasteiger partial charge in [-0.1, -0.05) is 17.3 Å². The third kappa shape index (κ3) is 3.96. The molecule has 1 N–H and O–H groups in total. The van der Waals surface area contributed by atoms with Crippen molar-refractivity contribution in [2.45, 2.75) is 27.3 Å². The van der Waals surface area contributed by atoms with Crippen LogP contribution in [0.15, 0.2) is 45.6 Å². The molecule has 3 heterocycles. The summed E-state index contributed by atoms with van der Waals surface area (Å²) < 4.78 is 16.4. The van der Waals surface area contributed by atoms with Gasteiger partial charge in [-0.2, -0.15) is 4.98 Å². The van der Waals surface area contributed by atoms with Gasteiger partial charge in [-0.05, 0) is 50.1 Å². The molecule has 4 rings (SSSR count). The zero-order chi connectivity index (χ0) is 20.4. The third-order valence-corrected chi connectivity index (χ3v) is 4.61. The second-order valence-electron chi connectivity index (χ2n) is 6.77. The standard InChI is InChI=1S/C21H20N4O4/c1-12-4-6-15(8-13(12)2)19-18-20(23-11-24-21(18)29-25-19)27-10-17(26)22-9-16-7-5-14(3)28-16/h4-8,11H,9-10H2,1-3H3,(H,22,26). The largest absolute Gasteiger partial charge is 0.467 e. The Bertz CT molecular complexity index is 1180. The first-order chi connectivity index (χ1) is 14.0. The highest BCUT2D eigenvalue weighted by atomic mass is 16.5. The van der Waals surface area contributed by atoms with Crippen molar-refractivity contribution in [3.8, 4) is 17.1 Å². The Kier molecular flexibility index (Phi) is 4.99. The molecule has 0 saturated carbocycles. The first-order valence-corrected chi connectivity index (χ1v) is 9.14. The fourth-order valence-electron chi connectivity index (χ4n) is 2.91. The summed E-state index contributed by atoms with van der Waals surface area (Å²) in [5, 5.41) is 7.41. The molecule has 29 heavy (non-hydrogen) atoms. The molecule has 0 atom stereocenters. The molecule has 4 aromatic rings. The molecule has 1 aromatic carbocycles. The van der Waals surface area contributed by atoms with Gasteiger partial charge >= 0.3 is 0 Å². The van der Waals surface area contributed by atoms with Gasteiger partial charge < -0.3 is 19.0 Å². The van der Waals surface area contributed by atoms with Crippen molar-refractivity contribution >= 4 is 17.0 Å². The first kappa shape index (κ1) is 18.7. The number of amides is 1. The highest BCUT2D eigenvalue weighted by Gasteiger charge is 2.19. The third-order valence-electron chi connectivity index (χ3n) is 4.61. The lowest BCUT2D eigenvalue weighted by Gasteiger charge is -2.07. The van der Waals surface area contributed by atoms with Crippen molar-refractivity contribution in [1.82, 2.24) is 20.4 Å². The highest BCUT2D eigenvalue weighted by Crippen LogP contribution is 2.33. The summed E-state index contributed by atoms with van der Waals surface area (Å²) in [6, 6.07) is 9.64. The lowest BCUT2D eigenvalue weighted by Crippen LogP contribution is -2.28. The smallest absolute Gasteiger partial charge is 0.265 e. The lowest BCUT2D eigenvalue weighted by atomic mass is 10.0. The number of fused-ring (bicyclic) bond motifs is 1. The molecule has 1 amide bonds. The first-order valence-electron chi connectivity index (χ1n) is 9.14. The summed E-state index contributed by atoms with van der Waals surface area (Å²) in [5.74, 6) is 1.42. The lowest BCUT2D eigenvalue weighted by molar-refractivity contribution is -0.123. The van der Waals surface area contributed by atoms with E-state index in [9.17, 15) is 4.79 Å². The van der Waals surface area contributed by atoms with E-state index in [1.165, 1.54) is 11.9 Å². The Morgan fingerprint density at radius 2 is 1.97 bits per heavy atom. The van der Waals surface area contributed by atoms with E-state index in [-0.39, 0.29) is 24.9 Å². The van der Waals surface area contributed by atoms with E-state index in [0.717, 1.165) is 16.9 Å². The Labute approximate surface area is 166 Å². The minimum atomic E-state index is -0.296. The SMILES string of the molecule is Cc1ccc(CNC(=O)COc2ncnc3onc(-c4ccc(C)c(C)c4)c23)o1. The van der Waals surface area contributed by atoms with Gasteiger partial charge in [-0.25, -0.2) is 4.98 Å². The van der Waals surface area contributed by atoms with E-state index in [2.05, 4.69) is 20.4 Å². The average Bonchev–Trinajstić information content (AvgIpc) is 3.33. The highest BCUT2D eigenvalue weighted by molar-refractivity contribution is 5.93. The fraction of sp³-hybridized carbons (Fsp3) is 0.238. The maximum atomic E-state index is 12.1. The molecule has 0 bridgehead atoms. The van der Waals surface area contributed by atoms with E-state index < -0.39 is 0 Å². The van der Waals surface area contributed by atoms with E-state index in [4.69, 9.17) is 13.7 Å². The number of benzene rings is 1. The minimum Gasteiger partial charge on any atom is -0.467 e. The molecule has 148 valence electrons. The normalized spacial score (nSPS) is 11.0. The minimum absolute atomic E-state index is 0.205. The van der Waals surface area contributed by atoms with Crippen LogP contribution in [0.3, 0.4) is 0 Å². The number of furan rings is 1. The maximum Gasteiger partial charge on any atom is 0.265 e. The molecule has 0 aliphatic heterocycles. The summed E-state index contributed by atoms with van der Waals surface area (Å²) in [6.45, 7) is 6.00. The Balaban J connectivity index is 1.52. The van der Waals surface area contributed by atoms with Crippen LogP contribution in [0.4, 0.5) is 0 Å². The van der Waals surface area contributed by atoms with Gasteiger partial charge in [-0.3, -0.25) is 4.79 Å². The number of aromatic nitrogens is 3. The molecule has 0 unspecified atom stereocenters. The summed E-state index contributed by atoms with van der Waals surface area (Å²) >= 11 is 0. The zero-order valence-corrected chi connectivity index (χ0v) is 16.4. The number of nitrogens with zero attached hydrogens (tertiary/aromatic N) is 3. The quantitative estimate of drug-likeness (QED) is 0.535. The summed E-state index contributed by atoms with van der Waals surface area (Å²) in [5.41, 5.74) is 4.05.